The van der Waals surface area contributed by atoms with Gasteiger partial charge in [-0.05, 0) is 43.2 Å². The molecule has 0 aliphatic heterocycles. The molecule has 0 aliphatic rings. The summed E-state index contributed by atoms with van der Waals surface area (Å²) in [5.41, 5.74) is 3.26. The fraction of sp³-hybridized carbons (Fsp3) is 0.136. The van der Waals surface area contributed by atoms with Crippen molar-refractivity contribution in [3.05, 3.63) is 77.3 Å². The largest absolute Gasteiger partial charge is 0.507 e. The second-order valence-corrected chi connectivity index (χ2v) is 6.24. The molecule has 1 heterocycles. The first kappa shape index (κ1) is 18.9. The Bertz CT molecular complexity index is 1090. The van der Waals surface area contributed by atoms with Crippen molar-refractivity contribution >= 4 is 28.7 Å². The molecule has 6 heteroatoms. The number of fused-ring (bicyclic) bond motifs is 1. The zero-order valence-electron chi connectivity index (χ0n) is 15.5. The summed E-state index contributed by atoms with van der Waals surface area (Å²) < 4.78 is 5.23. The van der Waals surface area contributed by atoms with Gasteiger partial charge in [0.2, 0.25) is 0 Å². The first-order valence-electron chi connectivity index (χ1n) is 8.72. The van der Waals surface area contributed by atoms with E-state index >= 15 is 0 Å². The van der Waals surface area contributed by atoms with Crippen LogP contribution in [0.25, 0.3) is 22.7 Å². The van der Waals surface area contributed by atoms with E-state index in [4.69, 9.17) is 4.74 Å². The third-order valence-electron chi connectivity index (χ3n) is 4.26. The van der Waals surface area contributed by atoms with Crippen LogP contribution in [0.3, 0.4) is 0 Å². The van der Waals surface area contributed by atoms with E-state index in [0.29, 0.717) is 5.52 Å². The number of ether oxygens (including phenoxy) is 1. The number of carbonyl (C=O) groups is 1. The van der Waals surface area contributed by atoms with Crippen LogP contribution in [-0.4, -0.2) is 27.1 Å². The normalized spacial score (nSPS) is 13.2. The van der Waals surface area contributed by atoms with Gasteiger partial charge in [-0.15, -0.1) is 0 Å². The van der Waals surface area contributed by atoms with Crippen LogP contribution in [0.1, 0.15) is 23.9 Å². The first-order chi connectivity index (χ1) is 13.5. The molecular formula is C22H19N3O3. The van der Waals surface area contributed by atoms with E-state index in [9.17, 15) is 15.2 Å². The summed E-state index contributed by atoms with van der Waals surface area (Å²) in [6.45, 7) is 3.43. The maximum atomic E-state index is 12.1. The number of aryl methyl sites for hydroxylation is 1. The predicted molar refractivity (Wildman–Crippen MR) is 107 cm³/mol. The third kappa shape index (κ3) is 4.10. The zero-order chi connectivity index (χ0) is 20.1. The van der Waals surface area contributed by atoms with E-state index < -0.39 is 12.1 Å². The highest BCUT2D eigenvalue weighted by Gasteiger charge is 2.20. The topological polar surface area (TPSA) is 99.0 Å². The van der Waals surface area contributed by atoms with Crippen molar-refractivity contribution in [1.29, 1.82) is 5.26 Å². The van der Waals surface area contributed by atoms with Crippen LogP contribution in [0.2, 0.25) is 0 Å². The van der Waals surface area contributed by atoms with Crippen molar-refractivity contribution < 1.29 is 14.6 Å². The third-order valence-corrected chi connectivity index (χ3v) is 4.26. The van der Waals surface area contributed by atoms with Crippen molar-refractivity contribution in [2.75, 3.05) is 0 Å². The summed E-state index contributed by atoms with van der Waals surface area (Å²) in [6.07, 6.45) is 1.94. The monoisotopic (exact) mass is 373 g/mol. The van der Waals surface area contributed by atoms with E-state index in [0.717, 1.165) is 16.6 Å². The Kier molecular flexibility index (Phi) is 5.56. The van der Waals surface area contributed by atoms with Gasteiger partial charge in [0.1, 0.15) is 11.6 Å². The lowest BCUT2D eigenvalue weighted by Crippen LogP contribution is -2.17. The number of hydrogen-bond donors (Lipinski definition) is 2. The molecule has 6 nitrogen and oxygen atoms in total. The Balaban J connectivity index is 1.77. The predicted octanol–water partition coefficient (Wildman–Crippen LogP) is 4.31. The Morgan fingerprint density at radius 2 is 1.96 bits per heavy atom. The zero-order valence-corrected chi connectivity index (χ0v) is 15.5. The molecule has 1 atom stereocenters. The van der Waals surface area contributed by atoms with E-state index in [1.54, 1.807) is 12.1 Å². The van der Waals surface area contributed by atoms with Crippen LogP contribution in [0.15, 0.2) is 60.4 Å². The number of nitrogens with zero attached hydrogens (tertiary/aromatic N) is 2. The average molecular weight is 373 g/mol. The lowest BCUT2D eigenvalue weighted by Gasteiger charge is -2.12. The number of aromatic amines is 1. The van der Waals surface area contributed by atoms with Gasteiger partial charge in [0.25, 0.3) is 0 Å². The van der Waals surface area contributed by atoms with Gasteiger partial charge in [-0.2, -0.15) is 5.26 Å². The highest BCUT2D eigenvalue weighted by molar-refractivity contribution is 5.88. The number of aliphatic hydroxyl groups is 1. The summed E-state index contributed by atoms with van der Waals surface area (Å²) in [5.74, 6) is -0.761. The van der Waals surface area contributed by atoms with E-state index in [2.05, 4.69) is 9.97 Å². The number of para-hydroxylation sites is 2. The van der Waals surface area contributed by atoms with Gasteiger partial charge in [0.15, 0.2) is 17.7 Å². The van der Waals surface area contributed by atoms with Gasteiger partial charge in [-0.3, -0.25) is 0 Å². The van der Waals surface area contributed by atoms with Crippen LogP contribution < -0.4 is 0 Å². The van der Waals surface area contributed by atoms with E-state index in [-0.39, 0.29) is 17.2 Å². The summed E-state index contributed by atoms with van der Waals surface area (Å²) in [6, 6.07) is 16.8. The molecule has 2 N–H and O–H groups in total. The Labute approximate surface area is 162 Å². The molecule has 0 amide bonds. The number of imidazole rings is 1. The molecular weight excluding hydrogens is 354 g/mol. The first-order valence-corrected chi connectivity index (χ1v) is 8.72. The summed E-state index contributed by atoms with van der Waals surface area (Å²) in [5, 5.41) is 19.9. The lowest BCUT2D eigenvalue weighted by molar-refractivity contribution is -0.141. The highest BCUT2D eigenvalue weighted by atomic mass is 16.5. The molecule has 1 aromatic heterocycles. The summed E-state index contributed by atoms with van der Waals surface area (Å²) in [7, 11) is 0. The minimum absolute atomic E-state index is 0.0700. The molecule has 140 valence electrons. The van der Waals surface area contributed by atoms with Gasteiger partial charge in [0.05, 0.1) is 11.0 Å². The maximum Gasteiger partial charge on any atom is 0.331 e. The molecule has 3 rings (SSSR count). The number of rotatable bonds is 5. The smallest absolute Gasteiger partial charge is 0.331 e. The Hall–Kier alpha value is -3.85. The molecule has 0 saturated carbocycles. The molecule has 0 aliphatic carbocycles. The Morgan fingerprint density at radius 3 is 2.68 bits per heavy atom. The lowest BCUT2D eigenvalue weighted by atomic mass is 10.1. The standard InChI is InChI=1S/C22H19N3O3/c1-14-7-3-4-8-16(14)11-12-20(26)28-15(2)21(27)17(13-23)22-24-18-9-5-6-10-19(18)25-22/h3-12,15,27H,1-2H3,(H,24,25)/b12-11+,21-17-/t15-/m1/s1. The molecule has 0 bridgehead atoms. The number of carbonyl (C=O) groups excluding carboxylic acids is 1. The second-order valence-electron chi connectivity index (χ2n) is 6.24. The molecule has 2 aromatic carbocycles. The number of H-pyrrole nitrogens is 1. The van der Waals surface area contributed by atoms with Crippen molar-refractivity contribution in [3.8, 4) is 6.07 Å². The molecule has 28 heavy (non-hydrogen) atoms. The number of aromatic nitrogens is 2. The van der Waals surface area contributed by atoms with Crippen LogP contribution in [0, 0.1) is 18.3 Å². The van der Waals surface area contributed by atoms with Crippen molar-refractivity contribution in [1.82, 2.24) is 9.97 Å². The number of hydrogen-bond acceptors (Lipinski definition) is 5. The van der Waals surface area contributed by atoms with Crippen molar-refractivity contribution in [2.45, 2.75) is 20.0 Å². The number of esters is 1. The van der Waals surface area contributed by atoms with Gasteiger partial charge >= 0.3 is 5.97 Å². The van der Waals surface area contributed by atoms with Crippen LogP contribution in [0.5, 0.6) is 0 Å². The number of nitrogens with one attached hydrogen (secondary N) is 1. The number of benzene rings is 2. The minimum Gasteiger partial charge on any atom is -0.507 e. The quantitative estimate of drug-likeness (QED) is 0.300. The molecule has 0 spiro atoms. The van der Waals surface area contributed by atoms with Gasteiger partial charge < -0.3 is 14.8 Å². The van der Waals surface area contributed by atoms with Crippen molar-refractivity contribution in [2.24, 2.45) is 0 Å². The number of nitriles is 1. The minimum atomic E-state index is -1.00. The number of allylic oxidation sites excluding steroid dienone is 1. The highest BCUT2D eigenvalue weighted by Crippen LogP contribution is 2.21. The molecule has 0 unspecified atom stereocenters. The van der Waals surface area contributed by atoms with Crippen LogP contribution in [0.4, 0.5) is 0 Å². The fourth-order valence-electron chi connectivity index (χ4n) is 2.71. The summed E-state index contributed by atoms with van der Waals surface area (Å²) in [4.78, 5) is 19.4. The van der Waals surface area contributed by atoms with E-state index in [1.165, 1.54) is 13.0 Å². The average Bonchev–Trinajstić information content (AvgIpc) is 3.11. The molecule has 0 saturated heterocycles. The van der Waals surface area contributed by atoms with Gasteiger partial charge in [-0.25, -0.2) is 9.78 Å². The SMILES string of the molecule is Cc1ccccc1/C=C/C(=O)O[C@H](C)/C(O)=C(\C#N)c1nc2ccccc2[nH]1. The van der Waals surface area contributed by atoms with Crippen molar-refractivity contribution in [3.63, 3.8) is 0 Å². The van der Waals surface area contributed by atoms with Gasteiger partial charge in [-0.1, -0.05) is 36.4 Å². The van der Waals surface area contributed by atoms with E-state index in [1.807, 2.05) is 55.5 Å². The van der Waals surface area contributed by atoms with Gasteiger partial charge in [0, 0.05) is 6.08 Å². The summed E-state index contributed by atoms with van der Waals surface area (Å²) >= 11 is 0. The Morgan fingerprint density at radius 1 is 1.25 bits per heavy atom. The molecule has 0 radical (unpaired) electrons. The molecule has 3 aromatic rings. The molecule has 0 fully saturated rings. The fourth-order valence-corrected chi connectivity index (χ4v) is 2.71. The van der Waals surface area contributed by atoms with Crippen LogP contribution >= 0.6 is 0 Å². The maximum absolute atomic E-state index is 12.1. The second kappa shape index (κ2) is 8.23. The van der Waals surface area contributed by atoms with Crippen LogP contribution in [-0.2, 0) is 9.53 Å². The number of aliphatic hydroxyl groups excluding tert-OH is 1.